The van der Waals surface area contributed by atoms with E-state index in [0.29, 0.717) is 19.3 Å². The molecule has 0 aromatic heterocycles. The first kappa shape index (κ1) is 61.9. The second kappa shape index (κ2) is 53.5. The molecule has 65 heavy (non-hydrogen) atoms. The van der Waals surface area contributed by atoms with Gasteiger partial charge in [-0.05, 0) is 89.9 Å². The molecule has 6 nitrogen and oxygen atoms in total. The van der Waals surface area contributed by atoms with Gasteiger partial charge in [0.2, 0.25) is 0 Å². The zero-order valence-electron chi connectivity index (χ0n) is 42.7. The fourth-order valence-electron chi connectivity index (χ4n) is 7.58. The Balaban J connectivity index is 4.43. The fourth-order valence-corrected chi connectivity index (χ4v) is 7.58. The Morgan fingerprint density at radius 3 is 0.969 bits per heavy atom. The lowest BCUT2D eigenvalue weighted by Gasteiger charge is -2.18. The van der Waals surface area contributed by atoms with Crippen LogP contribution in [0, 0.1) is 0 Å². The third-order valence-corrected chi connectivity index (χ3v) is 11.7. The van der Waals surface area contributed by atoms with E-state index in [2.05, 4.69) is 93.7 Å². The van der Waals surface area contributed by atoms with Crippen molar-refractivity contribution >= 4 is 17.9 Å². The van der Waals surface area contributed by atoms with Crippen LogP contribution in [0.5, 0.6) is 0 Å². The quantitative estimate of drug-likeness (QED) is 0.0262. The molecular formula is C59H102O6. The van der Waals surface area contributed by atoms with E-state index in [0.717, 1.165) is 103 Å². The Morgan fingerprint density at radius 2 is 0.600 bits per heavy atom. The van der Waals surface area contributed by atoms with Crippen LogP contribution in [0.2, 0.25) is 0 Å². The van der Waals surface area contributed by atoms with Crippen LogP contribution in [0.1, 0.15) is 265 Å². The molecular weight excluding hydrogens is 805 g/mol. The highest BCUT2D eigenvalue weighted by Crippen LogP contribution is 2.15. The molecule has 0 aliphatic rings. The number of hydrogen-bond acceptors (Lipinski definition) is 6. The molecule has 0 bridgehead atoms. The molecule has 0 saturated carbocycles. The largest absolute Gasteiger partial charge is 0.462 e. The number of unbranched alkanes of at least 4 members (excludes halogenated alkanes) is 26. The van der Waals surface area contributed by atoms with Gasteiger partial charge in [-0.3, -0.25) is 14.4 Å². The molecule has 1 atom stereocenters. The molecule has 0 saturated heterocycles. The molecule has 0 aromatic carbocycles. The van der Waals surface area contributed by atoms with Crippen molar-refractivity contribution in [2.75, 3.05) is 13.2 Å². The Hall–Kier alpha value is -3.15. The van der Waals surface area contributed by atoms with Crippen molar-refractivity contribution in [2.45, 2.75) is 271 Å². The van der Waals surface area contributed by atoms with E-state index in [4.69, 9.17) is 14.2 Å². The van der Waals surface area contributed by atoms with Crippen LogP contribution in [0.4, 0.5) is 0 Å². The Morgan fingerprint density at radius 1 is 0.323 bits per heavy atom. The first-order valence-electron chi connectivity index (χ1n) is 27.4. The van der Waals surface area contributed by atoms with Crippen LogP contribution in [0.25, 0.3) is 0 Å². The number of hydrogen-bond donors (Lipinski definition) is 0. The van der Waals surface area contributed by atoms with Gasteiger partial charge in [0.1, 0.15) is 13.2 Å². The second-order valence-corrected chi connectivity index (χ2v) is 18.1. The zero-order chi connectivity index (χ0) is 47.2. The highest BCUT2D eigenvalue weighted by atomic mass is 16.6. The van der Waals surface area contributed by atoms with Crippen molar-refractivity contribution in [2.24, 2.45) is 0 Å². The van der Waals surface area contributed by atoms with Crippen molar-refractivity contribution in [1.82, 2.24) is 0 Å². The topological polar surface area (TPSA) is 78.9 Å². The summed E-state index contributed by atoms with van der Waals surface area (Å²) in [5.74, 6) is -0.923. The van der Waals surface area contributed by atoms with Gasteiger partial charge in [0, 0.05) is 19.3 Å². The van der Waals surface area contributed by atoms with Gasteiger partial charge >= 0.3 is 17.9 Å². The summed E-state index contributed by atoms with van der Waals surface area (Å²) in [6.45, 7) is 6.50. The van der Waals surface area contributed by atoms with Crippen molar-refractivity contribution in [3.05, 3.63) is 72.9 Å². The van der Waals surface area contributed by atoms with Crippen LogP contribution in [-0.2, 0) is 28.6 Å². The Bertz CT molecular complexity index is 1230. The third-order valence-electron chi connectivity index (χ3n) is 11.7. The van der Waals surface area contributed by atoms with E-state index in [-0.39, 0.29) is 31.1 Å². The van der Waals surface area contributed by atoms with Gasteiger partial charge in [-0.15, -0.1) is 0 Å². The van der Waals surface area contributed by atoms with Crippen molar-refractivity contribution in [3.8, 4) is 0 Å². The van der Waals surface area contributed by atoms with Gasteiger partial charge in [-0.2, -0.15) is 0 Å². The van der Waals surface area contributed by atoms with Gasteiger partial charge in [0.05, 0.1) is 0 Å². The first-order valence-corrected chi connectivity index (χ1v) is 27.4. The summed E-state index contributed by atoms with van der Waals surface area (Å²) in [6, 6.07) is 0. The summed E-state index contributed by atoms with van der Waals surface area (Å²) in [6.07, 6.45) is 67.4. The first-order chi connectivity index (χ1) is 32.0. The minimum Gasteiger partial charge on any atom is -0.462 e. The number of carbonyl (C=O) groups excluding carboxylic acids is 3. The maximum atomic E-state index is 12.8. The molecule has 0 heterocycles. The normalized spacial score (nSPS) is 12.6. The molecule has 0 amide bonds. The Kier molecular flexibility index (Phi) is 50.9. The fraction of sp³-hybridized carbons (Fsp3) is 0.746. The molecule has 0 aromatic rings. The predicted octanol–water partition coefficient (Wildman–Crippen LogP) is 18.2. The molecule has 0 rings (SSSR count). The van der Waals surface area contributed by atoms with E-state index in [1.54, 1.807) is 0 Å². The van der Waals surface area contributed by atoms with Crippen LogP contribution in [0.3, 0.4) is 0 Å². The third kappa shape index (κ3) is 51.7. The average Bonchev–Trinajstić information content (AvgIpc) is 3.30. The Labute approximate surface area is 402 Å². The standard InChI is InChI=1S/C59H102O6/c1-4-7-10-13-16-19-22-25-27-28-29-30-32-35-37-40-43-46-49-52-58(61)64-55-56(65-59(62)53-50-47-44-41-38-33-24-21-18-15-12-9-6-3)54-63-57(60)51-48-45-42-39-36-34-31-26-23-20-17-14-11-8-5-2/h7,10,16,19,25-27,29-31,35,37,56H,4-6,8-9,11-15,17-18,20-24,28,32-34,36,38-55H2,1-3H3. The number of carbonyl (C=O) groups is 3. The van der Waals surface area contributed by atoms with Crippen molar-refractivity contribution in [3.63, 3.8) is 0 Å². The SMILES string of the molecule is CCC=CCC=CCC=CCC=CCC=CCCCCCC(=O)OCC(COC(=O)CCCCCCCC=CCCCCCCCC)OC(=O)CCCCCCCCCCCCCCC. The smallest absolute Gasteiger partial charge is 0.306 e. The molecule has 0 aliphatic carbocycles. The number of esters is 3. The molecule has 0 spiro atoms. The molecule has 0 radical (unpaired) electrons. The summed E-state index contributed by atoms with van der Waals surface area (Å²) < 4.78 is 16.8. The summed E-state index contributed by atoms with van der Waals surface area (Å²) in [7, 11) is 0. The molecule has 6 heteroatoms. The number of ether oxygens (including phenoxy) is 3. The number of allylic oxidation sites excluding steroid dienone is 12. The summed E-state index contributed by atoms with van der Waals surface area (Å²) in [4.78, 5) is 38.1. The van der Waals surface area contributed by atoms with Gasteiger partial charge < -0.3 is 14.2 Å². The lowest BCUT2D eigenvalue weighted by molar-refractivity contribution is -0.167. The van der Waals surface area contributed by atoms with Crippen molar-refractivity contribution < 1.29 is 28.6 Å². The van der Waals surface area contributed by atoms with Gasteiger partial charge in [-0.1, -0.05) is 229 Å². The number of rotatable bonds is 49. The van der Waals surface area contributed by atoms with Gasteiger partial charge in [0.25, 0.3) is 0 Å². The lowest BCUT2D eigenvalue weighted by atomic mass is 10.0. The van der Waals surface area contributed by atoms with E-state index in [1.165, 1.54) is 122 Å². The summed E-state index contributed by atoms with van der Waals surface area (Å²) >= 11 is 0. The van der Waals surface area contributed by atoms with Crippen LogP contribution in [-0.4, -0.2) is 37.2 Å². The highest BCUT2D eigenvalue weighted by molar-refractivity contribution is 5.71. The maximum Gasteiger partial charge on any atom is 0.306 e. The average molecular weight is 907 g/mol. The summed E-state index contributed by atoms with van der Waals surface area (Å²) in [5.41, 5.74) is 0. The van der Waals surface area contributed by atoms with E-state index in [9.17, 15) is 14.4 Å². The molecule has 1 unspecified atom stereocenters. The van der Waals surface area contributed by atoms with Crippen LogP contribution in [0.15, 0.2) is 72.9 Å². The molecule has 0 aliphatic heterocycles. The zero-order valence-corrected chi connectivity index (χ0v) is 42.7. The predicted molar refractivity (Wildman–Crippen MR) is 279 cm³/mol. The highest BCUT2D eigenvalue weighted by Gasteiger charge is 2.19. The minimum absolute atomic E-state index is 0.0885. The monoisotopic (exact) mass is 907 g/mol. The molecule has 374 valence electrons. The summed E-state index contributed by atoms with van der Waals surface area (Å²) in [5, 5.41) is 0. The van der Waals surface area contributed by atoms with Crippen LogP contribution < -0.4 is 0 Å². The second-order valence-electron chi connectivity index (χ2n) is 18.1. The molecule has 0 N–H and O–H groups in total. The van der Waals surface area contributed by atoms with Crippen molar-refractivity contribution in [1.29, 1.82) is 0 Å². The van der Waals surface area contributed by atoms with Gasteiger partial charge in [-0.25, -0.2) is 0 Å². The van der Waals surface area contributed by atoms with E-state index in [1.807, 2.05) is 0 Å². The maximum absolute atomic E-state index is 12.8. The molecule has 0 fully saturated rings. The van der Waals surface area contributed by atoms with Crippen LogP contribution >= 0.6 is 0 Å². The van der Waals surface area contributed by atoms with Gasteiger partial charge in [0.15, 0.2) is 6.10 Å². The lowest BCUT2D eigenvalue weighted by Crippen LogP contribution is -2.30. The minimum atomic E-state index is -0.790. The van der Waals surface area contributed by atoms with E-state index < -0.39 is 6.10 Å². The van der Waals surface area contributed by atoms with E-state index >= 15 is 0 Å².